The highest BCUT2D eigenvalue weighted by molar-refractivity contribution is 5.85. The SMILES string of the molecule is COC(=O)[C@H]1C[C@@]2(C(=O)OC)CCCN2[C@H]1c1ccccc1. The summed E-state index contributed by atoms with van der Waals surface area (Å²) in [6, 6.07) is 9.74. The average Bonchev–Trinajstić information content (AvgIpc) is 3.11. The van der Waals surface area contributed by atoms with Gasteiger partial charge < -0.3 is 9.47 Å². The highest BCUT2D eigenvalue weighted by atomic mass is 16.5. The fourth-order valence-corrected chi connectivity index (χ4v) is 4.14. The number of esters is 2. The van der Waals surface area contributed by atoms with Crippen molar-refractivity contribution in [2.75, 3.05) is 20.8 Å². The lowest BCUT2D eigenvalue weighted by Gasteiger charge is -2.32. The molecule has 2 heterocycles. The number of hydrogen-bond donors (Lipinski definition) is 0. The molecule has 0 N–H and O–H groups in total. The van der Waals surface area contributed by atoms with Crippen LogP contribution in [0.25, 0.3) is 0 Å². The van der Waals surface area contributed by atoms with Crippen LogP contribution in [0.3, 0.4) is 0 Å². The molecule has 5 heteroatoms. The van der Waals surface area contributed by atoms with Gasteiger partial charge in [0.2, 0.25) is 0 Å². The van der Waals surface area contributed by atoms with Gasteiger partial charge in [0, 0.05) is 6.04 Å². The summed E-state index contributed by atoms with van der Waals surface area (Å²) in [5.41, 5.74) is 0.360. The number of hydrogen-bond acceptors (Lipinski definition) is 5. The minimum atomic E-state index is -0.686. The molecule has 5 nitrogen and oxygen atoms in total. The Bertz CT molecular complexity index is 573. The number of nitrogens with zero attached hydrogens (tertiary/aromatic N) is 1. The minimum Gasteiger partial charge on any atom is -0.469 e. The molecule has 0 spiro atoms. The largest absolute Gasteiger partial charge is 0.469 e. The van der Waals surface area contributed by atoms with Crippen LogP contribution < -0.4 is 0 Å². The van der Waals surface area contributed by atoms with Crippen molar-refractivity contribution < 1.29 is 19.1 Å². The Morgan fingerprint density at radius 1 is 1.18 bits per heavy atom. The van der Waals surface area contributed by atoms with Crippen LogP contribution in [0.4, 0.5) is 0 Å². The molecule has 1 aromatic carbocycles. The van der Waals surface area contributed by atoms with Crippen LogP contribution in [0.1, 0.15) is 30.9 Å². The molecule has 0 unspecified atom stereocenters. The molecule has 0 aliphatic carbocycles. The first-order valence-corrected chi connectivity index (χ1v) is 7.62. The average molecular weight is 303 g/mol. The molecular formula is C17H21NO4. The van der Waals surface area contributed by atoms with Crippen molar-refractivity contribution in [3.05, 3.63) is 35.9 Å². The van der Waals surface area contributed by atoms with E-state index in [0.29, 0.717) is 6.42 Å². The van der Waals surface area contributed by atoms with Gasteiger partial charge in [-0.2, -0.15) is 0 Å². The van der Waals surface area contributed by atoms with Crippen LogP contribution in [-0.2, 0) is 19.1 Å². The topological polar surface area (TPSA) is 55.8 Å². The van der Waals surface area contributed by atoms with E-state index in [1.165, 1.54) is 14.2 Å². The van der Waals surface area contributed by atoms with Crippen LogP contribution in [-0.4, -0.2) is 43.1 Å². The molecule has 3 atom stereocenters. The summed E-state index contributed by atoms with van der Waals surface area (Å²) in [5, 5.41) is 0. The van der Waals surface area contributed by atoms with E-state index in [1.54, 1.807) is 0 Å². The van der Waals surface area contributed by atoms with Gasteiger partial charge in [0.15, 0.2) is 0 Å². The number of benzene rings is 1. The van der Waals surface area contributed by atoms with Crippen molar-refractivity contribution in [1.82, 2.24) is 4.90 Å². The Kier molecular flexibility index (Phi) is 3.91. The third kappa shape index (κ3) is 2.11. The maximum absolute atomic E-state index is 12.4. The molecular weight excluding hydrogens is 282 g/mol. The lowest BCUT2D eigenvalue weighted by Crippen LogP contribution is -2.47. The number of carbonyl (C=O) groups is 2. The van der Waals surface area contributed by atoms with Gasteiger partial charge in [-0.15, -0.1) is 0 Å². The smallest absolute Gasteiger partial charge is 0.326 e. The second kappa shape index (κ2) is 5.72. The van der Waals surface area contributed by atoms with E-state index in [9.17, 15) is 9.59 Å². The molecule has 0 amide bonds. The van der Waals surface area contributed by atoms with Crippen LogP contribution in [0.2, 0.25) is 0 Å². The predicted octanol–water partition coefficient (Wildman–Crippen LogP) is 1.93. The van der Waals surface area contributed by atoms with Gasteiger partial charge in [-0.1, -0.05) is 30.3 Å². The first-order chi connectivity index (χ1) is 10.6. The lowest BCUT2D eigenvalue weighted by atomic mass is 9.87. The van der Waals surface area contributed by atoms with Crippen LogP contribution in [0.5, 0.6) is 0 Å². The summed E-state index contributed by atoms with van der Waals surface area (Å²) in [5.74, 6) is -0.837. The van der Waals surface area contributed by atoms with Gasteiger partial charge in [-0.05, 0) is 31.4 Å². The van der Waals surface area contributed by atoms with E-state index in [1.807, 2.05) is 30.3 Å². The quantitative estimate of drug-likeness (QED) is 0.799. The van der Waals surface area contributed by atoms with E-state index in [0.717, 1.165) is 24.9 Å². The minimum absolute atomic E-state index is 0.129. The molecule has 22 heavy (non-hydrogen) atoms. The predicted molar refractivity (Wildman–Crippen MR) is 80.0 cm³/mol. The maximum Gasteiger partial charge on any atom is 0.326 e. The number of methoxy groups -OCH3 is 2. The third-order valence-corrected chi connectivity index (χ3v) is 5.02. The Labute approximate surface area is 130 Å². The Balaban J connectivity index is 2.05. The summed E-state index contributed by atoms with van der Waals surface area (Å²) in [4.78, 5) is 26.9. The fraction of sp³-hybridized carbons (Fsp3) is 0.529. The molecule has 2 fully saturated rings. The van der Waals surface area contributed by atoms with Gasteiger partial charge in [-0.25, -0.2) is 0 Å². The number of ether oxygens (including phenoxy) is 2. The van der Waals surface area contributed by atoms with Crippen molar-refractivity contribution in [3.63, 3.8) is 0 Å². The number of rotatable bonds is 3. The number of carbonyl (C=O) groups excluding carboxylic acids is 2. The zero-order valence-electron chi connectivity index (χ0n) is 13.0. The summed E-state index contributed by atoms with van der Waals surface area (Å²) in [6.45, 7) is 0.794. The first-order valence-electron chi connectivity index (χ1n) is 7.62. The van der Waals surface area contributed by atoms with Crippen LogP contribution >= 0.6 is 0 Å². The molecule has 2 saturated heterocycles. The Morgan fingerprint density at radius 2 is 1.91 bits per heavy atom. The molecule has 0 radical (unpaired) electrons. The van der Waals surface area contributed by atoms with Gasteiger partial charge >= 0.3 is 11.9 Å². The monoisotopic (exact) mass is 303 g/mol. The van der Waals surface area contributed by atoms with Crippen molar-refractivity contribution in [2.45, 2.75) is 30.8 Å². The second-order valence-electron chi connectivity index (χ2n) is 6.01. The Morgan fingerprint density at radius 3 is 2.55 bits per heavy atom. The molecule has 1 aromatic rings. The normalized spacial score (nSPS) is 30.8. The maximum atomic E-state index is 12.4. The van der Waals surface area contributed by atoms with E-state index in [2.05, 4.69) is 4.90 Å². The van der Waals surface area contributed by atoms with Gasteiger partial charge in [0.1, 0.15) is 5.54 Å². The molecule has 0 bridgehead atoms. The standard InChI is InChI=1S/C17H21NO4/c1-21-15(19)13-11-17(16(20)22-2)9-6-10-18(17)14(13)12-7-4-3-5-8-12/h3-5,7-8,13-14H,6,9-11H2,1-2H3/t13-,14-,17+/m0/s1. The Hall–Kier alpha value is -1.88. The zero-order chi connectivity index (χ0) is 15.7. The highest BCUT2D eigenvalue weighted by Gasteiger charge is 2.61. The lowest BCUT2D eigenvalue weighted by molar-refractivity contribution is -0.152. The first kappa shape index (κ1) is 15.0. The summed E-state index contributed by atoms with van der Waals surface area (Å²) < 4.78 is 10.0. The van der Waals surface area contributed by atoms with Crippen molar-refractivity contribution in [1.29, 1.82) is 0 Å². The molecule has 0 aromatic heterocycles. The molecule has 3 rings (SSSR count). The second-order valence-corrected chi connectivity index (χ2v) is 6.01. The molecule has 2 aliphatic rings. The van der Waals surface area contributed by atoms with Gasteiger partial charge in [0.25, 0.3) is 0 Å². The fourth-order valence-electron chi connectivity index (χ4n) is 4.14. The van der Waals surface area contributed by atoms with Crippen molar-refractivity contribution >= 4 is 11.9 Å². The molecule has 0 saturated carbocycles. The van der Waals surface area contributed by atoms with Gasteiger partial charge in [0.05, 0.1) is 20.1 Å². The van der Waals surface area contributed by atoms with Gasteiger partial charge in [-0.3, -0.25) is 14.5 Å². The van der Waals surface area contributed by atoms with Crippen LogP contribution in [0, 0.1) is 5.92 Å². The molecule has 2 aliphatic heterocycles. The van der Waals surface area contributed by atoms with Crippen molar-refractivity contribution in [2.24, 2.45) is 5.92 Å². The van der Waals surface area contributed by atoms with E-state index in [-0.39, 0.29) is 23.9 Å². The highest BCUT2D eigenvalue weighted by Crippen LogP contribution is 2.52. The number of fused-ring (bicyclic) bond motifs is 1. The summed E-state index contributed by atoms with van der Waals surface area (Å²) in [7, 11) is 2.81. The molecule has 118 valence electrons. The van der Waals surface area contributed by atoms with Crippen LogP contribution in [0.15, 0.2) is 30.3 Å². The van der Waals surface area contributed by atoms with E-state index < -0.39 is 5.54 Å². The zero-order valence-corrected chi connectivity index (χ0v) is 13.0. The third-order valence-electron chi connectivity index (χ3n) is 5.02. The van der Waals surface area contributed by atoms with E-state index in [4.69, 9.17) is 9.47 Å². The summed E-state index contributed by atoms with van der Waals surface area (Å²) >= 11 is 0. The van der Waals surface area contributed by atoms with E-state index >= 15 is 0 Å². The van der Waals surface area contributed by atoms with Crippen molar-refractivity contribution in [3.8, 4) is 0 Å². The summed E-state index contributed by atoms with van der Waals surface area (Å²) in [6.07, 6.45) is 2.13.